The van der Waals surface area contributed by atoms with E-state index in [-0.39, 0.29) is 6.09 Å². The molecule has 32 heavy (non-hydrogen) atoms. The third-order valence-electron chi connectivity index (χ3n) is 5.43. The number of tetrazole rings is 1. The number of imidazole rings is 1. The first kappa shape index (κ1) is 22.7. The van der Waals surface area contributed by atoms with E-state index < -0.39 is 0 Å². The standard InChI is InChI=1S/C21H27N7O2S2/c1-26-13-10-22-19(26)31-14-9-16-3-5-18(6-4-16)30-21(29)28-11-7-17(8-12-28)15-32-20-23-24-25-27(20)2/h3-6,10,13,17H,7-9,11-12,14-15H2,1-2H3. The van der Waals surface area contributed by atoms with Crippen molar-refractivity contribution in [2.75, 3.05) is 24.6 Å². The van der Waals surface area contributed by atoms with E-state index in [0.29, 0.717) is 24.8 Å². The summed E-state index contributed by atoms with van der Waals surface area (Å²) in [5.41, 5.74) is 1.21. The number of nitrogens with zero attached hydrogens (tertiary/aromatic N) is 7. The Morgan fingerprint density at radius 1 is 1.12 bits per heavy atom. The van der Waals surface area contributed by atoms with Gasteiger partial charge < -0.3 is 14.2 Å². The van der Waals surface area contributed by atoms with Crippen LogP contribution in [0.4, 0.5) is 4.79 Å². The van der Waals surface area contributed by atoms with Gasteiger partial charge in [0.25, 0.3) is 0 Å². The Balaban J connectivity index is 1.17. The maximum atomic E-state index is 12.5. The Labute approximate surface area is 195 Å². The molecule has 0 N–H and O–H groups in total. The fourth-order valence-corrected chi connectivity index (χ4v) is 5.41. The molecule has 1 saturated heterocycles. The molecule has 170 valence electrons. The van der Waals surface area contributed by atoms with Crippen LogP contribution in [0.25, 0.3) is 0 Å². The summed E-state index contributed by atoms with van der Waals surface area (Å²) in [7, 11) is 3.84. The number of benzene rings is 1. The average molecular weight is 474 g/mol. The molecule has 11 heteroatoms. The molecular weight excluding hydrogens is 446 g/mol. The minimum atomic E-state index is -0.272. The normalized spacial score (nSPS) is 14.6. The Hall–Kier alpha value is -2.53. The third-order valence-corrected chi connectivity index (χ3v) is 7.73. The van der Waals surface area contributed by atoms with Crippen LogP contribution in [0, 0.1) is 5.92 Å². The minimum absolute atomic E-state index is 0.272. The summed E-state index contributed by atoms with van der Waals surface area (Å²) in [5.74, 6) is 3.04. The quantitative estimate of drug-likeness (QED) is 0.461. The number of rotatable bonds is 8. The van der Waals surface area contributed by atoms with Crippen LogP contribution < -0.4 is 4.74 Å². The molecule has 2 aromatic heterocycles. The first-order chi connectivity index (χ1) is 15.6. The molecule has 1 aliphatic heterocycles. The van der Waals surface area contributed by atoms with E-state index in [2.05, 4.69) is 20.5 Å². The molecule has 1 aliphatic rings. The van der Waals surface area contributed by atoms with Crippen molar-refractivity contribution in [1.82, 2.24) is 34.7 Å². The number of amides is 1. The zero-order valence-electron chi connectivity index (χ0n) is 18.3. The zero-order valence-corrected chi connectivity index (χ0v) is 19.9. The highest BCUT2D eigenvalue weighted by atomic mass is 32.2. The molecule has 0 atom stereocenters. The lowest BCUT2D eigenvalue weighted by Gasteiger charge is -2.30. The summed E-state index contributed by atoms with van der Waals surface area (Å²) in [5, 5.41) is 13.4. The fraction of sp³-hybridized carbons (Fsp3) is 0.476. The Morgan fingerprint density at radius 3 is 2.56 bits per heavy atom. The number of aromatic nitrogens is 6. The maximum absolute atomic E-state index is 12.5. The van der Waals surface area contributed by atoms with Crippen LogP contribution in [-0.4, -0.2) is 65.3 Å². The molecule has 0 aliphatic carbocycles. The summed E-state index contributed by atoms with van der Waals surface area (Å²) in [6, 6.07) is 7.78. The van der Waals surface area contributed by atoms with E-state index in [0.717, 1.165) is 41.1 Å². The molecule has 3 heterocycles. The number of thioether (sulfide) groups is 2. The second kappa shape index (κ2) is 10.9. The van der Waals surface area contributed by atoms with Crippen molar-refractivity contribution < 1.29 is 9.53 Å². The maximum Gasteiger partial charge on any atom is 0.415 e. The van der Waals surface area contributed by atoms with E-state index in [9.17, 15) is 4.79 Å². The van der Waals surface area contributed by atoms with Gasteiger partial charge in [-0.25, -0.2) is 14.5 Å². The summed E-state index contributed by atoms with van der Waals surface area (Å²) >= 11 is 3.40. The Bertz CT molecular complexity index is 1010. The zero-order chi connectivity index (χ0) is 22.3. The number of carbonyl (C=O) groups is 1. The number of hydrogen-bond donors (Lipinski definition) is 0. The lowest BCUT2D eigenvalue weighted by molar-refractivity contribution is 0.134. The molecule has 1 fully saturated rings. The summed E-state index contributed by atoms with van der Waals surface area (Å²) in [6.45, 7) is 1.42. The summed E-state index contributed by atoms with van der Waals surface area (Å²) < 4.78 is 9.29. The van der Waals surface area contributed by atoms with E-state index in [1.807, 2.05) is 55.3 Å². The van der Waals surface area contributed by atoms with Gasteiger partial charge >= 0.3 is 6.09 Å². The van der Waals surface area contributed by atoms with Gasteiger partial charge in [-0.15, -0.1) is 5.10 Å². The van der Waals surface area contributed by atoms with Crippen molar-refractivity contribution in [3.8, 4) is 5.75 Å². The van der Waals surface area contributed by atoms with E-state index >= 15 is 0 Å². The highest BCUT2D eigenvalue weighted by molar-refractivity contribution is 7.99. The molecular formula is C21H27N7O2S2. The van der Waals surface area contributed by atoms with Crippen molar-refractivity contribution in [2.24, 2.45) is 20.0 Å². The molecule has 0 unspecified atom stereocenters. The van der Waals surface area contributed by atoms with Gasteiger partial charge in [0.2, 0.25) is 5.16 Å². The monoisotopic (exact) mass is 473 g/mol. The number of piperidine rings is 1. The van der Waals surface area contributed by atoms with Gasteiger partial charge in [-0.05, 0) is 53.3 Å². The molecule has 0 radical (unpaired) electrons. The van der Waals surface area contributed by atoms with Gasteiger partial charge in [0.1, 0.15) is 5.75 Å². The second-order valence-corrected chi connectivity index (χ2v) is 9.81. The van der Waals surface area contributed by atoms with E-state index in [4.69, 9.17) is 4.74 Å². The SMILES string of the molecule is Cn1ccnc1SCCc1ccc(OC(=O)N2CCC(CSc3nnnn3C)CC2)cc1. The van der Waals surface area contributed by atoms with Crippen LogP contribution in [0.15, 0.2) is 47.0 Å². The molecule has 9 nitrogen and oxygen atoms in total. The van der Waals surface area contributed by atoms with Crippen molar-refractivity contribution in [3.05, 3.63) is 42.2 Å². The number of likely N-dealkylation sites (tertiary alicyclic amines) is 1. The van der Waals surface area contributed by atoms with Gasteiger partial charge in [0.15, 0.2) is 5.16 Å². The number of aryl methyl sites for hydroxylation is 3. The summed E-state index contributed by atoms with van der Waals surface area (Å²) in [4.78, 5) is 18.7. The Kier molecular flexibility index (Phi) is 7.69. The predicted octanol–water partition coefficient (Wildman–Crippen LogP) is 3.28. The van der Waals surface area contributed by atoms with Crippen molar-refractivity contribution in [1.29, 1.82) is 0 Å². The first-order valence-electron chi connectivity index (χ1n) is 10.6. The molecule has 0 saturated carbocycles. The lowest BCUT2D eigenvalue weighted by atomic mass is 9.99. The van der Waals surface area contributed by atoms with Crippen molar-refractivity contribution in [2.45, 2.75) is 29.6 Å². The number of ether oxygens (including phenoxy) is 1. The highest BCUT2D eigenvalue weighted by Gasteiger charge is 2.24. The van der Waals surface area contributed by atoms with Gasteiger partial charge in [0.05, 0.1) is 0 Å². The molecule has 3 aromatic rings. The van der Waals surface area contributed by atoms with Crippen LogP contribution in [0.1, 0.15) is 18.4 Å². The largest absolute Gasteiger partial charge is 0.415 e. The van der Waals surface area contributed by atoms with E-state index in [1.165, 1.54) is 5.56 Å². The van der Waals surface area contributed by atoms with Gasteiger partial charge in [0, 0.05) is 51.1 Å². The highest BCUT2D eigenvalue weighted by Crippen LogP contribution is 2.25. The molecule has 0 bridgehead atoms. The first-order valence-corrected chi connectivity index (χ1v) is 12.6. The van der Waals surface area contributed by atoms with E-state index in [1.54, 1.807) is 33.1 Å². The fourth-order valence-electron chi connectivity index (χ4n) is 3.46. The van der Waals surface area contributed by atoms with Gasteiger partial charge in [-0.3, -0.25) is 0 Å². The molecule has 4 rings (SSSR count). The van der Waals surface area contributed by atoms with Crippen molar-refractivity contribution in [3.63, 3.8) is 0 Å². The molecule has 1 aromatic carbocycles. The number of hydrogen-bond acceptors (Lipinski definition) is 8. The smallest absolute Gasteiger partial charge is 0.410 e. The molecule has 0 spiro atoms. The minimum Gasteiger partial charge on any atom is -0.410 e. The third kappa shape index (κ3) is 6.04. The van der Waals surface area contributed by atoms with Crippen LogP contribution in [0.3, 0.4) is 0 Å². The average Bonchev–Trinajstić information content (AvgIpc) is 3.41. The van der Waals surface area contributed by atoms with Gasteiger partial charge in [-0.2, -0.15) is 0 Å². The summed E-state index contributed by atoms with van der Waals surface area (Å²) in [6.07, 6.45) is 6.34. The predicted molar refractivity (Wildman–Crippen MR) is 124 cm³/mol. The van der Waals surface area contributed by atoms with Crippen LogP contribution >= 0.6 is 23.5 Å². The van der Waals surface area contributed by atoms with Crippen LogP contribution in [0.5, 0.6) is 5.75 Å². The second-order valence-electron chi connectivity index (χ2n) is 7.76. The topological polar surface area (TPSA) is 91.0 Å². The lowest BCUT2D eigenvalue weighted by Crippen LogP contribution is -2.40. The Morgan fingerprint density at radius 2 is 1.91 bits per heavy atom. The van der Waals surface area contributed by atoms with Crippen LogP contribution in [-0.2, 0) is 20.5 Å². The number of carbonyl (C=O) groups excluding carboxylic acids is 1. The van der Waals surface area contributed by atoms with Crippen LogP contribution in [0.2, 0.25) is 0 Å². The van der Waals surface area contributed by atoms with Gasteiger partial charge in [-0.1, -0.05) is 35.7 Å². The molecule has 1 amide bonds. The van der Waals surface area contributed by atoms with Crippen molar-refractivity contribution >= 4 is 29.6 Å².